The molecule has 10 nitrogen and oxygen atoms in total. The van der Waals surface area contributed by atoms with Crippen molar-refractivity contribution in [1.29, 1.82) is 0 Å². The average Bonchev–Trinajstić information content (AvgIpc) is 3.53. The van der Waals surface area contributed by atoms with Gasteiger partial charge in [-0.1, -0.05) is 6.42 Å². The highest BCUT2D eigenvalue weighted by atomic mass is 16.5. The summed E-state index contributed by atoms with van der Waals surface area (Å²) in [5.41, 5.74) is 1.57. The fourth-order valence-corrected chi connectivity index (χ4v) is 5.88. The number of aliphatic hydroxyl groups is 3. The Morgan fingerprint density at radius 1 is 1.19 bits per heavy atom. The van der Waals surface area contributed by atoms with Gasteiger partial charge in [-0.3, -0.25) is 9.59 Å². The summed E-state index contributed by atoms with van der Waals surface area (Å²) in [4.78, 5) is 28.7. The highest BCUT2D eigenvalue weighted by Crippen LogP contribution is 2.51. The van der Waals surface area contributed by atoms with Crippen LogP contribution in [-0.2, 0) is 20.9 Å². The largest absolute Gasteiger partial charge is 0.493 e. The summed E-state index contributed by atoms with van der Waals surface area (Å²) >= 11 is 0. The van der Waals surface area contributed by atoms with Crippen LogP contribution in [0.3, 0.4) is 0 Å². The topological polar surface area (TPSA) is 138 Å². The number of hydrogen-bond acceptors (Lipinski definition) is 8. The average molecular weight is 517 g/mol. The van der Waals surface area contributed by atoms with Gasteiger partial charge < -0.3 is 39.7 Å². The molecule has 2 amide bonds. The smallest absolute Gasteiger partial charge is 0.247 e. The number of benzene rings is 1. The van der Waals surface area contributed by atoms with Gasteiger partial charge in [-0.05, 0) is 49.5 Å². The van der Waals surface area contributed by atoms with E-state index < -0.39 is 30.1 Å². The predicted octanol–water partition coefficient (Wildman–Crippen LogP) is 0.618. The van der Waals surface area contributed by atoms with Crippen molar-refractivity contribution < 1.29 is 39.1 Å². The molecule has 1 saturated carbocycles. The van der Waals surface area contributed by atoms with Crippen molar-refractivity contribution in [2.75, 3.05) is 33.4 Å². The second-order valence-corrected chi connectivity index (χ2v) is 10.3. The Balaban J connectivity index is 1.56. The molecule has 5 rings (SSSR count). The van der Waals surface area contributed by atoms with Crippen LogP contribution >= 0.6 is 0 Å². The zero-order valence-corrected chi connectivity index (χ0v) is 21.1. The van der Waals surface area contributed by atoms with Gasteiger partial charge in [0.25, 0.3) is 0 Å². The summed E-state index contributed by atoms with van der Waals surface area (Å²) in [6, 6.07) is 2.64. The van der Waals surface area contributed by atoms with Gasteiger partial charge in [0.1, 0.15) is 12.2 Å². The van der Waals surface area contributed by atoms with Crippen LogP contribution in [0.1, 0.15) is 49.1 Å². The third-order valence-corrected chi connectivity index (χ3v) is 8.02. The third-order valence-electron chi connectivity index (χ3n) is 8.02. The molecular formula is C27H36N2O8. The van der Waals surface area contributed by atoms with Gasteiger partial charge >= 0.3 is 0 Å². The Bertz CT molecular complexity index is 1050. The molecule has 1 aromatic carbocycles. The van der Waals surface area contributed by atoms with Crippen LogP contribution in [-0.4, -0.2) is 89.8 Å². The summed E-state index contributed by atoms with van der Waals surface area (Å²) in [6.07, 6.45) is 3.98. The van der Waals surface area contributed by atoms with Gasteiger partial charge in [0.15, 0.2) is 11.5 Å². The van der Waals surface area contributed by atoms with Crippen molar-refractivity contribution in [2.45, 2.75) is 69.0 Å². The lowest BCUT2D eigenvalue weighted by atomic mass is 9.76. The minimum atomic E-state index is -1.11. The SMILES string of the molecule is COc1cc(CO)cc2c1O[C@@H]1[C@@H](O)[C@H](N(C[C@H]3CCCO3)C(=O)C3CCC3)C=C(C(=O)NCCO)[C@H]21. The van der Waals surface area contributed by atoms with Gasteiger partial charge in [0.05, 0.1) is 38.4 Å². The quantitative estimate of drug-likeness (QED) is 0.375. The van der Waals surface area contributed by atoms with Crippen LogP contribution in [0.5, 0.6) is 11.5 Å². The first-order chi connectivity index (χ1) is 18.0. The minimum Gasteiger partial charge on any atom is -0.493 e. The molecule has 10 heteroatoms. The number of carbonyl (C=O) groups excluding carboxylic acids is 2. The summed E-state index contributed by atoms with van der Waals surface area (Å²) in [5.74, 6) is -0.364. The number of amides is 2. The van der Waals surface area contributed by atoms with Crippen molar-refractivity contribution in [3.63, 3.8) is 0 Å². The molecule has 2 aliphatic heterocycles. The normalized spacial score (nSPS) is 28.4. The number of ether oxygens (including phenoxy) is 3. The van der Waals surface area contributed by atoms with Gasteiger partial charge in [0.2, 0.25) is 11.8 Å². The van der Waals surface area contributed by atoms with E-state index in [4.69, 9.17) is 14.2 Å². The van der Waals surface area contributed by atoms with Crippen LogP contribution < -0.4 is 14.8 Å². The molecule has 1 aromatic rings. The van der Waals surface area contributed by atoms with Crippen LogP contribution in [0, 0.1) is 5.92 Å². The summed E-state index contributed by atoms with van der Waals surface area (Å²) < 4.78 is 17.6. The fraction of sp³-hybridized carbons (Fsp3) is 0.630. The van der Waals surface area contributed by atoms with Crippen LogP contribution in [0.2, 0.25) is 0 Å². The molecule has 0 aromatic heterocycles. The van der Waals surface area contributed by atoms with E-state index in [0.717, 1.165) is 32.1 Å². The fourth-order valence-electron chi connectivity index (χ4n) is 5.88. The lowest BCUT2D eigenvalue weighted by molar-refractivity contribution is -0.146. The molecule has 0 bridgehead atoms. The maximum Gasteiger partial charge on any atom is 0.247 e. The molecule has 5 atom stereocenters. The number of rotatable bonds is 9. The summed E-state index contributed by atoms with van der Waals surface area (Å²) in [7, 11) is 1.49. The molecule has 2 aliphatic carbocycles. The van der Waals surface area contributed by atoms with E-state index in [2.05, 4.69) is 5.32 Å². The first kappa shape index (κ1) is 26.0. The second-order valence-electron chi connectivity index (χ2n) is 10.3. The molecule has 4 aliphatic rings. The number of nitrogens with zero attached hydrogens (tertiary/aromatic N) is 1. The molecule has 0 spiro atoms. The molecule has 0 unspecified atom stereocenters. The van der Waals surface area contributed by atoms with Gasteiger partial charge in [-0.2, -0.15) is 0 Å². The van der Waals surface area contributed by atoms with E-state index in [9.17, 15) is 24.9 Å². The third kappa shape index (κ3) is 4.83. The number of aliphatic hydroxyl groups excluding tert-OH is 3. The lowest BCUT2D eigenvalue weighted by Crippen LogP contribution is -2.58. The zero-order chi connectivity index (χ0) is 26.1. The van der Waals surface area contributed by atoms with Crippen LogP contribution in [0.15, 0.2) is 23.8 Å². The molecule has 37 heavy (non-hydrogen) atoms. The maximum absolute atomic E-state index is 13.6. The van der Waals surface area contributed by atoms with Crippen LogP contribution in [0.4, 0.5) is 0 Å². The van der Waals surface area contributed by atoms with E-state index >= 15 is 0 Å². The molecule has 1 saturated heterocycles. The van der Waals surface area contributed by atoms with Crippen molar-refractivity contribution in [3.05, 3.63) is 34.9 Å². The van der Waals surface area contributed by atoms with Crippen molar-refractivity contribution in [3.8, 4) is 11.5 Å². The van der Waals surface area contributed by atoms with Crippen LogP contribution in [0.25, 0.3) is 0 Å². The molecular weight excluding hydrogens is 480 g/mol. The number of nitrogens with one attached hydrogen (secondary N) is 1. The second kappa shape index (κ2) is 11.0. The summed E-state index contributed by atoms with van der Waals surface area (Å²) in [5, 5.41) is 33.5. The zero-order valence-electron chi connectivity index (χ0n) is 21.1. The van der Waals surface area contributed by atoms with E-state index in [1.165, 1.54) is 7.11 Å². The predicted molar refractivity (Wildman–Crippen MR) is 132 cm³/mol. The van der Waals surface area contributed by atoms with E-state index in [1.54, 1.807) is 23.1 Å². The van der Waals surface area contributed by atoms with E-state index in [1.807, 2.05) is 0 Å². The highest BCUT2D eigenvalue weighted by molar-refractivity contribution is 5.96. The van der Waals surface area contributed by atoms with Crippen molar-refractivity contribution in [1.82, 2.24) is 10.2 Å². The molecule has 0 radical (unpaired) electrons. The first-order valence-corrected chi connectivity index (χ1v) is 13.2. The Labute approximate surface area is 216 Å². The Hall–Kier alpha value is -2.66. The number of hydrogen-bond donors (Lipinski definition) is 4. The number of methoxy groups -OCH3 is 1. The maximum atomic E-state index is 13.6. The van der Waals surface area contributed by atoms with E-state index in [-0.39, 0.29) is 37.7 Å². The Kier molecular flexibility index (Phi) is 7.71. The first-order valence-electron chi connectivity index (χ1n) is 13.2. The standard InChI is InChI=1S/C27H36N2O8/c1-35-21-11-15(14-31)10-18-22-19(26(33)28-7-8-30)12-20(23(32)25(22)37-24(18)21)29(13-17-6-3-9-36-17)27(34)16-4-2-5-16/h10-12,16-17,20,22-23,25,30-32H,2-9,13-14H2,1H3,(H,28,33)/t17-,20-,22+,23+,25+/m1/s1. The Morgan fingerprint density at radius 3 is 2.62 bits per heavy atom. The number of carbonyl (C=O) groups is 2. The molecule has 4 N–H and O–H groups in total. The van der Waals surface area contributed by atoms with Crippen molar-refractivity contribution >= 4 is 11.8 Å². The lowest BCUT2D eigenvalue weighted by Gasteiger charge is -2.43. The molecule has 2 fully saturated rings. The summed E-state index contributed by atoms with van der Waals surface area (Å²) in [6.45, 7) is 0.591. The Morgan fingerprint density at radius 2 is 2.00 bits per heavy atom. The van der Waals surface area contributed by atoms with E-state index in [0.29, 0.717) is 41.4 Å². The van der Waals surface area contributed by atoms with Crippen molar-refractivity contribution in [2.24, 2.45) is 5.92 Å². The minimum absolute atomic E-state index is 0.0359. The van der Waals surface area contributed by atoms with Gasteiger partial charge in [0, 0.05) is 36.8 Å². The molecule has 2 heterocycles. The molecule has 202 valence electrons. The highest BCUT2D eigenvalue weighted by Gasteiger charge is 2.52. The van der Waals surface area contributed by atoms with Gasteiger partial charge in [-0.15, -0.1) is 0 Å². The van der Waals surface area contributed by atoms with Gasteiger partial charge in [-0.25, -0.2) is 0 Å². The number of fused-ring (bicyclic) bond motifs is 3. The monoisotopic (exact) mass is 516 g/mol.